The third-order valence-electron chi connectivity index (χ3n) is 4.40. The number of fused-ring (bicyclic) bond motifs is 1. The fourth-order valence-electron chi connectivity index (χ4n) is 2.88. The van der Waals surface area contributed by atoms with E-state index in [0.29, 0.717) is 34.4 Å². The lowest BCUT2D eigenvalue weighted by molar-refractivity contribution is 0.0995. The topological polar surface area (TPSA) is 111 Å². The Labute approximate surface area is 173 Å². The third-order valence-corrected chi connectivity index (χ3v) is 5.24. The molecule has 4 aromatic heterocycles. The van der Waals surface area contributed by atoms with Crippen LogP contribution in [0, 0.1) is 5.82 Å². The van der Waals surface area contributed by atoms with Crippen LogP contribution in [0.4, 0.5) is 14.6 Å². The molecule has 0 unspecified atom stereocenters. The molecular formula is C19H17F2N7OS. The van der Waals surface area contributed by atoms with Gasteiger partial charge < -0.3 is 11.1 Å². The molecule has 3 N–H and O–H groups in total. The molecule has 0 saturated carbocycles. The van der Waals surface area contributed by atoms with Gasteiger partial charge in [0.2, 0.25) is 0 Å². The van der Waals surface area contributed by atoms with Gasteiger partial charge in [-0.3, -0.25) is 14.2 Å². The number of thiazole rings is 1. The van der Waals surface area contributed by atoms with E-state index in [4.69, 9.17) is 5.73 Å². The minimum Gasteiger partial charge on any atom is -0.368 e. The van der Waals surface area contributed by atoms with Crippen LogP contribution < -0.4 is 11.1 Å². The molecule has 4 heterocycles. The summed E-state index contributed by atoms with van der Waals surface area (Å²) < 4.78 is 29.2. The Balaban J connectivity index is 1.34. The number of halogens is 2. The number of nitrogens with zero attached hydrogens (tertiary/aromatic N) is 5. The summed E-state index contributed by atoms with van der Waals surface area (Å²) in [4.78, 5) is 20.3. The zero-order valence-electron chi connectivity index (χ0n) is 15.6. The van der Waals surface area contributed by atoms with Crippen LogP contribution in [-0.2, 0) is 6.42 Å². The van der Waals surface area contributed by atoms with E-state index in [0.717, 1.165) is 0 Å². The summed E-state index contributed by atoms with van der Waals surface area (Å²) in [5, 5.41) is 12.8. The lowest BCUT2D eigenvalue weighted by atomic mass is 10.1. The number of nitrogens with two attached hydrogens (primary N) is 1. The number of hydrogen-bond donors (Lipinski definition) is 2. The number of anilines is 1. The number of amides is 1. The first-order valence-electron chi connectivity index (χ1n) is 9.09. The van der Waals surface area contributed by atoms with E-state index in [1.165, 1.54) is 29.7 Å². The number of nitrogens with one attached hydrogen (secondary N) is 1. The second-order valence-electron chi connectivity index (χ2n) is 6.52. The first-order valence-corrected chi connectivity index (χ1v) is 9.97. The van der Waals surface area contributed by atoms with Crippen LogP contribution >= 0.6 is 11.3 Å². The number of pyridine rings is 1. The van der Waals surface area contributed by atoms with Gasteiger partial charge >= 0.3 is 0 Å². The highest BCUT2D eigenvalue weighted by atomic mass is 32.1. The van der Waals surface area contributed by atoms with Crippen LogP contribution in [-0.4, -0.2) is 43.2 Å². The zero-order valence-corrected chi connectivity index (χ0v) is 16.4. The number of rotatable bonds is 8. The van der Waals surface area contributed by atoms with Gasteiger partial charge in [-0.2, -0.15) is 0 Å². The van der Waals surface area contributed by atoms with Crippen LogP contribution in [0.25, 0.3) is 16.3 Å². The molecule has 1 atom stereocenters. The van der Waals surface area contributed by atoms with Gasteiger partial charge in [0, 0.05) is 30.7 Å². The molecule has 8 nitrogen and oxygen atoms in total. The molecular weight excluding hydrogens is 412 g/mol. The molecule has 0 fully saturated rings. The minimum atomic E-state index is -1.23. The van der Waals surface area contributed by atoms with Crippen LogP contribution in [0.1, 0.15) is 22.6 Å². The van der Waals surface area contributed by atoms with Crippen molar-refractivity contribution >= 4 is 28.0 Å². The number of carbonyl (C=O) groups excluding carboxylic acids is 1. The highest BCUT2D eigenvalue weighted by Gasteiger charge is 2.14. The van der Waals surface area contributed by atoms with Crippen LogP contribution in [0.5, 0.6) is 0 Å². The van der Waals surface area contributed by atoms with Crippen molar-refractivity contribution in [3.05, 3.63) is 59.2 Å². The number of hydrogen-bond acceptors (Lipinski definition) is 7. The summed E-state index contributed by atoms with van der Waals surface area (Å²) in [5.41, 5.74) is 6.90. The standard InChI is InChI=1S/C19H17F2N7OS/c20-11(8-14-12(21)2-1-6-23-14)5-7-24-17-4-3-13(26-27-17)15-9-28-16(18(22)29)10-30-19(28)25-15/h1-4,6,9-11H,5,7-8H2,(H2,22,29)(H,24,27)/t11-/m0/s1. The van der Waals surface area contributed by atoms with Gasteiger partial charge in [-0.1, -0.05) is 0 Å². The Morgan fingerprint density at radius 1 is 1.27 bits per heavy atom. The molecule has 0 bridgehead atoms. The molecule has 1 amide bonds. The van der Waals surface area contributed by atoms with Gasteiger partial charge in [0.1, 0.15) is 34.9 Å². The van der Waals surface area contributed by atoms with Crippen molar-refractivity contribution in [1.82, 2.24) is 24.6 Å². The molecule has 0 aliphatic rings. The Bertz CT molecular complexity index is 1180. The van der Waals surface area contributed by atoms with Gasteiger partial charge in [-0.15, -0.1) is 21.5 Å². The molecule has 0 radical (unpaired) electrons. The SMILES string of the molecule is NC(=O)c1csc2nc(-c3ccc(NCC[C@H](F)Cc4ncccc4F)nn3)cn12. The Morgan fingerprint density at radius 3 is 2.87 bits per heavy atom. The summed E-state index contributed by atoms with van der Waals surface area (Å²) in [6, 6.07) is 6.17. The highest BCUT2D eigenvalue weighted by molar-refractivity contribution is 7.15. The molecule has 4 rings (SSSR count). The molecule has 30 heavy (non-hydrogen) atoms. The van der Waals surface area contributed by atoms with Crippen molar-refractivity contribution in [2.75, 3.05) is 11.9 Å². The van der Waals surface area contributed by atoms with Crippen molar-refractivity contribution in [2.24, 2.45) is 5.73 Å². The van der Waals surface area contributed by atoms with Crippen LogP contribution in [0.15, 0.2) is 42.0 Å². The van der Waals surface area contributed by atoms with E-state index >= 15 is 0 Å². The number of alkyl halides is 1. The predicted molar refractivity (Wildman–Crippen MR) is 109 cm³/mol. The third kappa shape index (κ3) is 4.25. The molecule has 0 aliphatic carbocycles. The monoisotopic (exact) mass is 429 g/mol. The Hall–Kier alpha value is -3.47. The van der Waals surface area contributed by atoms with E-state index < -0.39 is 17.9 Å². The van der Waals surface area contributed by atoms with E-state index in [1.54, 1.807) is 28.1 Å². The molecule has 0 aliphatic heterocycles. The summed E-state index contributed by atoms with van der Waals surface area (Å²) in [6.45, 7) is 0.311. The quantitative estimate of drug-likeness (QED) is 0.446. The van der Waals surface area contributed by atoms with Crippen molar-refractivity contribution in [2.45, 2.75) is 19.0 Å². The maximum atomic E-state index is 14.1. The van der Waals surface area contributed by atoms with Crippen molar-refractivity contribution in [3.63, 3.8) is 0 Å². The fourth-order valence-corrected chi connectivity index (χ4v) is 3.75. The summed E-state index contributed by atoms with van der Waals surface area (Å²) in [5.74, 6) is -0.557. The first-order chi connectivity index (χ1) is 14.5. The van der Waals surface area contributed by atoms with E-state index in [2.05, 4.69) is 25.5 Å². The lowest BCUT2D eigenvalue weighted by Gasteiger charge is -2.09. The Kier molecular flexibility index (Phi) is 5.61. The maximum absolute atomic E-state index is 14.1. The van der Waals surface area contributed by atoms with Gasteiger partial charge in [-0.05, 0) is 30.7 Å². The van der Waals surface area contributed by atoms with Crippen molar-refractivity contribution in [1.29, 1.82) is 0 Å². The van der Waals surface area contributed by atoms with Crippen LogP contribution in [0.2, 0.25) is 0 Å². The molecule has 0 aromatic carbocycles. The summed E-state index contributed by atoms with van der Waals surface area (Å²) in [7, 11) is 0. The fraction of sp³-hybridized carbons (Fsp3) is 0.211. The smallest absolute Gasteiger partial charge is 0.266 e. The second-order valence-corrected chi connectivity index (χ2v) is 7.35. The number of imidazole rings is 1. The summed E-state index contributed by atoms with van der Waals surface area (Å²) in [6.07, 6.45) is 1.98. The molecule has 0 saturated heterocycles. The van der Waals surface area contributed by atoms with Crippen molar-refractivity contribution in [3.8, 4) is 11.4 Å². The van der Waals surface area contributed by atoms with E-state index in [9.17, 15) is 13.6 Å². The molecule has 4 aromatic rings. The van der Waals surface area contributed by atoms with Crippen molar-refractivity contribution < 1.29 is 13.6 Å². The van der Waals surface area contributed by atoms with Gasteiger partial charge in [0.15, 0.2) is 4.96 Å². The maximum Gasteiger partial charge on any atom is 0.266 e. The zero-order chi connectivity index (χ0) is 21.1. The summed E-state index contributed by atoms with van der Waals surface area (Å²) >= 11 is 1.30. The lowest BCUT2D eigenvalue weighted by Crippen LogP contribution is -2.14. The largest absolute Gasteiger partial charge is 0.368 e. The highest BCUT2D eigenvalue weighted by Crippen LogP contribution is 2.22. The van der Waals surface area contributed by atoms with Crippen LogP contribution in [0.3, 0.4) is 0 Å². The normalized spacial score (nSPS) is 12.2. The predicted octanol–water partition coefficient (Wildman–Crippen LogP) is 2.87. The first kappa shape index (κ1) is 19.8. The minimum absolute atomic E-state index is 0.0797. The molecule has 11 heteroatoms. The number of aromatic nitrogens is 5. The van der Waals surface area contributed by atoms with Gasteiger partial charge in [-0.25, -0.2) is 13.8 Å². The Morgan fingerprint density at radius 2 is 2.13 bits per heavy atom. The van der Waals surface area contributed by atoms with Gasteiger partial charge in [0.25, 0.3) is 5.91 Å². The average Bonchev–Trinajstić information content (AvgIpc) is 3.31. The number of carbonyl (C=O) groups is 1. The average molecular weight is 429 g/mol. The van der Waals surface area contributed by atoms with Gasteiger partial charge in [0.05, 0.1) is 5.69 Å². The van der Waals surface area contributed by atoms with E-state index in [-0.39, 0.29) is 18.5 Å². The number of primary amides is 1. The van der Waals surface area contributed by atoms with E-state index in [1.807, 2.05) is 0 Å². The second kappa shape index (κ2) is 8.49. The molecule has 154 valence electrons. The molecule has 0 spiro atoms.